The van der Waals surface area contributed by atoms with Crippen LogP contribution in [0.3, 0.4) is 0 Å². The molecule has 1 aliphatic rings. The number of rotatable bonds is 9. The van der Waals surface area contributed by atoms with Crippen LogP contribution < -0.4 is 0 Å². The summed E-state index contributed by atoms with van der Waals surface area (Å²) in [4.78, 5) is 0. The van der Waals surface area contributed by atoms with Gasteiger partial charge in [0.05, 0.1) is 52.2 Å². The predicted molar refractivity (Wildman–Crippen MR) is 319 cm³/mol. The van der Waals surface area contributed by atoms with E-state index in [1.165, 1.54) is 61.2 Å². The third-order valence-electron chi connectivity index (χ3n) is 16.5. The first-order chi connectivity index (χ1) is 37.4. The van der Waals surface area contributed by atoms with Crippen molar-refractivity contribution in [3.63, 3.8) is 0 Å². The molecule has 6 nitrogen and oxygen atoms in total. The molecule has 2 atom stereocenters. The maximum absolute atomic E-state index is 4.82. The van der Waals surface area contributed by atoms with Crippen LogP contribution in [0.15, 0.2) is 225 Å². The monoisotopic (exact) mass is 1000 g/mol. The minimum Gasteiger partial charge on any atom is -0.233 e. The van der Waals surface area contributed by atoms with E-state index in [0.717, 1.165) is 69.0 Å². The van der Waals surface area contributed by atoms with Gasteiger partial charge < -0.3 is 0 Å². The van der Waals surface area contributed by atoms with E-state index in [4.69, 9.17) is 15.3 Å². The molecule has 2 unspecified atom stereocenters. The standard InChI is InChI=1S/C71H64N6/c1-70(2,3)56-29-37-63(65(42-56)48-25-33-59(34-26-48)76-68-21-13-8-16-51(68)45-73-76)54-39-53(62-19-11-10-18-61(62)47-23-31-58(32-24-47)75-67-20-12-7-15-50(67)44-72-75)40-55(41-54)64-38-30-57(71(4,5)6)43-66(64)49-27-35-60(36-28-49)77-69-22-14-9-17-52(69)46-74-77/h7-38,42-46,53-55H,39-41H2,1-6H3. The van der Waals surface area contributed by atoms with Gasteiger partial charge in [-0.25, -0.2) is 14.0 Å². The van der Waals surface area contributed by atoms with Gasteiger partial charge in [-0.2, -0.15) is 15.3 Å². The smallest absolute Gasteiger partial charge is 0.0741 e. The van der Waals surface area contributed by atoms with E-state index >= 15 is 0 Å². The number of hydrogen-bond donors (Lipinski definition) is 0. The Morgan fingerprint density at radius 2 is 0.636 bits per heavy atom. The minimum atomic E-state index is -0.0262. The molecule has 0 saturated heterocycles. The molecule has 6 heteroatoms. The maximum Gasteiger partial charge on any atom is 0.0741 e. The zero-order valence-corrected chi connectivity index (χ0v) is 44.9. The zero-order valence-electron chi connectivity index (χ0n) is 44.9. The highest BCUT2D eigenvalue weighted by molar-refractivity contribution is 5.83. The second kappa shape index (κ2) is 19.2. The summed E-state index contributed by atoms with van der Waals surface area (Å²) in [6, 6.07) is 76.6. The van der Waals surface area contributed by atoms with Gasteiger partial charge in [0.15, 0.2) is 0 Å². The van der Waals surface area contributed by atoms with Gasteiger partial charge in [0, 0.05) is 16.2 Å². The summed E-state index contributed by atoms with van der Waals surface area (Å²) in [5.41, 5.74) is 21.0. The Morgan fingerprint density at radius 1 is 0.325 bits per heavy atom. The molecule has 0 bridgehead atoms. The highest BCUT2D eigenvalue weighted by Crippen LogP contribution is 2.53. The predicted octanol–water partition coefficient (Wildman–Crippen LogP) is 18.1. The molecule has 1 fully saturated rings. The van der Waals surface area contributed by atoms with Gasteiger partial charge in [-0.15, -0.1) is 0 Å². The van der Waals surface area contributed by atoms with Crippen LogP contribution in [0.4, 0.5) is 0 Å². The Bertz CT molecular complexity index is 3910. The summed E-state index contributed by atoms with van der Waals surface area (Å²) in [7, 11) is 0. The molecule has 0 N–H and O–H groups in total. The molecule has 0 aliphatic heterocycles. The number of nitrogens with zero attached hydrogens (tertiary/aromatic N) is 6. The molecule has 3 heterocycles. The Kier molecular flexibility index (Phi) is 12.0. The Hall–Kier alpha value is -8.61. The molecule has 3 aromatic heterocycles. The van der Waals surface area contributed by atoms with Crippen LogP contribution in [0.1, 0.15) is 106 Å². The minimum absolute atomic E-state index is 0.0262. The first-order valence-corrected chi connectivity index (χ1v) is 27.4. The summed E-state index contributed by atoms with van der Waals surface area (Å²) < 4.78 is 6.16. The molecule has 13 rings (SSSR count). The maximum atomic E-state index is 4.82. The fourth-order valence-corrected chi connectivity index (χ4v) is 12.3. The lowest BCUT2D eigenvalue weighted by Gasteiger charge is -2.39. The van der Waals surface area contributed by atoms with Crippen LogP contribution in [0.25, 0.3) is 83.2 Å². The van der Waals surface area contributed by atoms with Crippen LogP contribution in [-0.2, 0) is 10.8 Å². The first kappa shape index (κ1) is 48.1. The third-order valence-corrected chi connectivity index (χ3v) is 16.5. The van der Waals surface area contributed by atoms with Crippen LogP contribution in [0, 0.1) is 0 Å². The molecule has 1 aliphatic carbocycles. The molecular formula is C71H64N6. The number of aromatic nitrogens is 6. The normalized spacial score (nSPS) is 16.2. The Labute approximate surface area is 452 Å². The van der Waals surface area contributed by atoms with E-state index in [1.54, 1.807) is 0 Å². The van der Waals surface area contributed by atoms with E-state index in [9.17, 15) is 0 Å². The average Bonchev–Trinajstić information content (AvgIpc) is 4.22. The largest absolute Gasteiger partial charge is 0.233 e. The van der Waals surface area contributed by atoms with E-state index in [0.29, 0.717) is 0 Å². The van der Waals surface area contributed by atoms with Gasteiger partial charge in [-0.1, -0.05) is 193 Å². The SMILES string of the molecule is CC(C)(C)c1ccc(C2CC(c3ccccc3-c3ccc(-n4ncc5ccccc54)cc3)CC(c3ccc(C(C)(C)C)cc3-c3ccc(-n4ncc5ccccc54)cc3)C2)c(-c2ccc(-n3ncc4ccccc43)cc2)c1. The van der Waals surface area contributed by atoms with E-state index in [1.807, 2.05) is 23.3 Å². The fourth-order valence-electron chi connectivity index (χ4n) is 12.3. The average molecular weight is 1000 g/mol. The number of benzene rings is 9. The zero-order chi connectivity index (χ0) is 52.4. The lowest BCUT2D eigenvalue weighted by molar-refractivity contribution is 0.352. The third kappa shape index (κ3) is 9.05. The van der Waals surface area contributed by atoms with Gasteiger partial charge in [-0.05, 0) is 164 Å². The second-order valence-electron chi connectivity index (χ2n) is 23.5. The molecule has 0 amide bonds. The van der Waals surface area contributed by atoms with Crippen LogP contribution in [0.5, 0.6) is 0 Å². The lowest BCUT2D eigenvalue weighted by atomic mass is 9.65. The summed E-state index contributed by atoms with van der Waals surface area (Å²) in [5, 5.41) is 17.8. The molecular weight excluding hydrogens is 937 g/mol. The van der Waals surface area contributed by atoms with Crippen molar-refractivity contribution in [1.29, 1.82) is 0 Å². The van der Waals surface area contributed by atoms with Crippen molar-refractivity contribution >= 4 is 32.7 Å². The second-order valence-corrected chi connectivity index (χ2v) is 23.5. The quantitative estimate of drug-likeness (QED) is 0.145. The Balaban J connectivity index is 0.934. The molecule has 9 aromatic carbocycles. The van der Waals surface area contributed by atoms with Crippen molar-refractivity contribution in [2.75, 3.05) is 0 Å². The van der Waals surface area contributed by atoms with E-state index in [2.05, 4.69) is 257 Å². The van der Waals surface area contributed by atoms with Gasteiger partial charge in [-0.3, -0.25) is 0 Å². The topological polar surface area (TPSA) is 53.5 Å². The van der Waals surface area contributed by atoms with Crippen molar-refractivity contribution < 1.29 is 0 Å². The first-order valence-electron chi connectivity index (χ1n) is 27.4. The van der Waals surface area contributed by atoms with Crippen molar-refractivity contribution in [1.82, 2.24) is 29.3 Å². The van der Waals surface area contributed by atoms with Gasteiger partial charge in [0.2, 0.25) is 0 Å². The number of fused-ring (bicyclic) bond motifs is 3. The molecule has 0 spiro atoms. The highest BCUT2D eigenvalue weighted by atomic mass is 15.3. The summed E-state index contributed by atoms with van der Waals surface area (Å²) in [5.74, 6) is 0.819. The van der Waals surface area contributed by atoms with Crippen LogP contribution in [0.2, 0.25) is 0 Å². The van der Waals surface area contributed by atoms with Crippen molar-refractivity contribution in [2.24, 2.45) is 0 Å². The molecule has 0 radical (unpaired) electrons. The van der Waals surface area contributed by atoms with E-state index < -0.39 is 0 Å². The Morgan fingerprint density at radius 3 is 1.00 bits per heavy atom. The molecule has 1 saturated carbocycles. The summed E-state index contributed by atoms with van der Waals surface area (Å²) in [6.07, 6.45) is 8.97. The summed E-state index contributed by atoms with van der Waals surface area (Å²) in [6.45, 7) is 14.0. The van der Waals surface area contributed by atoms with Gasteiger partial charge in [0.1, 0.15) is 0 Å². The van der Waals surface area contributed by atoms with Crippen LogP contribution in [-0.4, -0.2) is 29.3 Å². The van der Waals surface area contributed by atoms with Gasteiger partial charge in [0.25, 0.3) is 0 Å². The fraction of sp³-hybridized carbons (Fsp3) is 0.197. The molecule has 77 heavy (non-hydrogen) atoms. The number of para-hydroxylation sites is 3. The lowest BCUT2D eigenvalue weighted by Crippen LogP contribution is -2.22. The van der Waals surface area contributed by atoms with Crippen molar-refractivity contribution in [2.45, 2.75) is 89.4 Å². The molecule has 12 aromatic rings. The highest BCUT2D eigenvalue weighted by Gasteiger charge is 2.36. The van der Waals surface area contributed by atoms with Crippen molar-refractivity contribution in [3.05, 3.63) is 253 Å². The van der Waals surface area contributed by atoms with Crippen molar-refractivity contribution in [3.8, 4) is 50.4 Å². The van der Waals surface area contributed by atoms with Crippen LogP contribution >= 0.6 is 0 Å². The van der Waals surface area contributed by atoms with Gasteiger partial charge >= 0.3 is 0 Å². The summed E-state index contributed by atoms with van der Waals surface area (Å²) >= 11 is 0. The number of hydrogen-bond acceptors (Lipinski definition) is 3. The molecule has 378 valence electrons. The van der Waals surface area contributed by atoms with E-state index in [-0.39, 0.29) is 28.6 Å².